The zero-order chi connectivity index (χ0) is 19.8. The highest BCUT2D eigenvalue weighted by molar-refractivity contribution is 9.10. The van der Waals surface area contributed by atoms with Crippen molar-refractivity contribution in [2.45, 2.75) is 19.4 Å². The Hall–Kier alpha value is -2.87. The summed E-state index contributed by atoms with van der Waals surface area (Å²) in [6.45, 7) is 2.93. The maximum atomic E-state index is 12.8. The molecule has 140 valence electrons. The van der Waals surface area contributed by atoms with Crippen molar-refractivity contribution < 1.29 is 24.2 Å². The number of nitrogens with one attached hydrogen (secondary N) is 1. The highest BCUT2D eigenvalue weighted by Crippen LogP contribution is 2.38. The lowest BCUT2D eigenvalue weighted by atomic mass is 10.0. The SMILES string of the molecule is CC1(C)Oc2cc(C(=O)O)ccc2N(CC(=O)Nc2ccc(Br)cc2)C1=O. The van der Waals surface area contributed by atoms with Crippen LogP contribution in [0.2, 0.25) is 0 Å². The first-order chi connectivity index (χ1) is 12.7. The van der Waals surface area contributed by atoms with Gasteiger partial charge in [0.1, 0.15) is 12.3 Å². The van der Waals surface area contributed by atoms with Gasteiger partial charge in [-0.05, 0) is 56.3 Å². The zero-order valence-electron chi connectivity index (χ0n) is 14.7. The Labute approximate surface area is 164 Å². The fourth-order valence-corrected chi connectivity index (χ4v) is 3.00. The normalized spacial score (nSPS) is 14.9. The summed E-state index contributed by atoms with van der Waals surface area (Å²) in [4.78, 5) is 37.7. The Morgan fingerprint density at radius 2 is 1.85 bits per heavy atom. The van der Waals surface area contributed by atoms with Gasteiger partial charge in [-0.2, -0.15) is 0 Å². The average molecular weight is 433 g/mol. The number of carbonyl (C=O) groups excluding carboxylic acids is 2. The van der Waals surface area contributed by atoms with Gasteiger partial charge in [-0.15, -0.1) is 0 Å². The van der Waals surface area contributed by atoms with Crippen LogP contribution in [0.1, 0.15) is 24.2 Å². The van der Waals surface area contributed by atoms with Gasteiger partial charge in [0.15, 0.2) is 5.60 Å². The van der Waals surface area contributed by atoms with Crippen LogP contribution >= 0.6 is 15.9 Å². The molecule has 0 aliphatic carbocycles. The van der Waals surface area contributed by atoms with Gasteiger partial charge in [0.25, 0.3) is 5.91 Å². The number of fused-ring (bicyclic) bond motifs is 1. The molecule has 0 saturated heterocycles. The van der Waals surface area contributed by atoms with Crippen LogP contribution in [0.15, 0.2) is 46.9 Å². The van der Waals surface area contributed by atoms with Crippen molar-refractivity contribution in [3.05, 3.63) is 52.5 Å². The predicted molar refractivity (Wildman–Crippen MR) is 103 cm³/mol. The maximum Gasteiger partial charge on any atom is 0.335 e. The quantitative estimate of drug-likeness (QED) is 0.772. The van der Waals surface area contributed by atoms with Gasteiger partial charge in [-0.25, -0.2) is 4.79 Å². The largest absolute Gasteiger partial charge is 0.478 e. The predicted octanol–water partition coefficient (Wildman–Crippen LogP) is 3.29. The number of anilines is 2. The van der Waals surface area contributed by atoms with Crippen molar-refractivity contribution in [3.63, 3.8) is 0 Å². The van der Waals surface area contributed by atoms with Crippen LogP contribution in [0.4, 0.5) is 11.4 Å². The van der Waals surface area contributed by atoms with E-state index >= 15 is 0 Å². The molecule has 2 aromatic carbocycles. The van der Waals surface area contributed by atoms with E-state index in [-0.39, 0.29) is 29.7 Å². The summed E-state index contributed by atoms with van der Waals surface area (Å²) >= 11 is 3.32. The highest BCUT2D eigenvalue weighted by atomic mass is 79.9. The minimum absolute atomic E-state index is 0.0400. The lowest BCUT2D eigenvalue weighted by molar-refractivity contribution is -0.133. The molecule has 0 aromatic heterocycles. The number of rotatable bonds is 4. The van der Waals surface area contributed by atoms with Gasteiger partial charge >= 0.3 is 5.97 Å². The number of hydrogen-bond acceptors (Lipinski definition) is 4. The highest BCUT2D eigenvalue weighted by Gasteiger charge is 2.41. The second-order valence-electron chi connectivity index (χ2n) is 6.55. The van der Waals surface area contributed by atoms with E-state index in [1.165, 1.54) is 23.1 Å². The molecule has 0 bridgehead atoms. The molecule has 2 N–H and O–H groups in total. The first kappa shape index (κ1) is 18.9. The first-order valence-corrected chi connectivity index (χ1v) is 8.90. The second kappa shape index (κ2) is 7.03. The number of carbonyl (C=O) groups is 3. The lowest BCUT2D eigenvalue weighted by Crippen LogP contribution is -2.54. The van der Waals surface area contributed by atoms with E-state index in [9.17, 15) is 14.4 Å². The summed E-state index contributed by atoms with van der Waals surface area (Å²) in [5, 5.41) is 11.9. The van der Waals surface area contributed by atoms with Gasteiger partial charge in [0.05, 0.1) is 11.3 Å². The number of nitrogens with zero attached hydrogens (tertiary/aromatic N) is 1. The average Bonchev–Trinajstić information content (AvgIpc) is 2.60. The Morgan fingerprint density at radius 1 is 1.19 bits per heavy atom. The van der Waals surface area contributed by atoms with Crippen molar-refractivity contribution in [1.82, 2.24) is 0 Å². The van der Waals surface area contributed by atoms with Crippen LogP contribution in [0.5, 0.6) is 5.75 Å². The van der Waals surface area contributed by atoms with E-state index in [1.54, 1.807) is 38.1 Å². The third-order valence-corrected chi connectivity index (χ3v) is 4.58. The van der Waals surface area contributed by atoms with E-state index in [4.69, 9.17) is 9.84 Å². The zero-order valence-corrected chi connectivity index (χ0v) is 16.2. The molecule has 0 fully saturated rings. The summed E-state index contributed by atoms with van der Waals surface area (Å²) in [7, 11) is 0. The third kappa shape index (κ3) is 3.95. The smallest absolute Gasteiger partial charge is 0.335 e. The monoisotopic (exact) mass is 432 g/mol. The number of halogens is 1. The van der Waals surface area contributed by atoms with E-state index in [0.29, 0.717) is 11.4 Å². The number of ether oxygens (including phenoxy) is 1. The van der Waals surface area contributed by atoms with E-state index < -0.39 is 11.6 Å². The molecule has 1 aliphatic heterocycles. The number of benzene rings is 2. The van der Waals surface area contributed by atoms with Crippen LogP contribution in [-0.4, -0.2) is 35.0 Å². The number of carboxylic acids is 1. The topological polar surface area (TPSA) is 95.9 Å². The summed E-state index contributed by atoms with van der Waals surface area (Å²) in [5.74, 6) is -1.62. The van der Waals surface area contributed by atoms with Crippen LogP contribution in [0.3, 0.4) is 0 Å². The minimum Gasteiger partial charge on any atom is -0.478 e. The molecule has 2 amide bonds. The van der Waals surface area contributed by atoms with Gasteiger partial charge in [-0.1, -0.05) is 15.9 Å². The Bertz CT molecular complexity index is 924. The van der Waals surface area contributed by atoms with E-state index in [1.807, 2.05) is 0 Å². The van der Waals surface area contributed by atoms with Gasteiger partial charge < -0.3 is 15.2 Å². The number of amides is 2. The van der Waals surface area contributed by atoms with E-state index in [2.05, 4.69) is 21.2 Å². The van der Waals surface area contributed by atoms with Crippen molar-refractivity contribution in [1.29, 1.82) is 0 Å². The third-order valence-electron chi connectivity index (χ3n) is 4.05. The van der Waals surface area contributed by atoms with Crippen molar-refractivity contribution in [2.75, 3.05) is 16.8 Å². The van der Waals surface area contributed by atoms with Crippen molar-refractivity contribution in [3.8, 4) is 5.75 Å². The molecule has 0 atom stereocenters. The van der Waals surface area contributed by atoms with E-state index in [0.717, 1.165) is 4.47 Å². The fourth-order valence-electron chi connectivity index (χ4n) is 2.74. The summed E-state index contributed by atoms with van der Waals surface area (Å²) in [6.07, 6.45) is 0. The molecule has 0 unspecified atom stereocenters. The number of hydrogen-bond donors (Lipinski definition) is 2. The molecule has 0 spiro atoms. The lowest BCUT2D eigenvalue weighted by Gasteiger charge is -2.38. The summed E-state index contributed by atoms with van der Waals surface area (Å²) < 4.78 is 6.56. The van der Waals surface area contributed by atoms with Crippen LogP contribution in [-0.2, 0) is 9.59 Å². The molecular weight excluding hydrogens is 416 g/mol. The standard InChI is InChI=1S/C19H17BrN2O5/c1-19(2)18(26)22(10-16(23)21-13-6-4-12(20)5-7-13)14-8-3-11(17(24)25)9-15(14)27-19/h3-9H,10H2,1-2H3,(H,21,23)(H,24,25). The Balaban J connectivity index is 1.87. The number of carboxylic acid groups (broad SMARTS) is 1. The Kier molecular flexibility index (Phi) is 4.93. The van der Waals surface area contributed by atoms with Crippen molar-refractivity contribution >= 4 is 45.1 Å². The molecule has 3 rings (SSSR count). The summed E-state index contributed by atoms with van der Waals surface area (Å²) in [6, 6.07) is 11.3. The molecule has 8 heteroatoms. The van der Waals surface area contributed by atoms with Crippen molar-refractivity contribution in [2.24, 2.45) is 0 Å². The second-order valence-corrected chi connectivity index (χ2v) is 7.46. The molecule has 0 radical (unpaired) electrons. The van der Waals surface area contributed by atoms with Crippen LogP contribution < -0.4 is 15.0 Å². The van der Waals surface area contributed by atoms with Gasteiger partial charge in [0, 0.05) is 10.2 Å². The molecule has 27 heavy (non-hydrogen) atoms. The van der Waals surface area contributed by atoms with Crippen LogP contribution in [0.25, 0.3) is 0 Å². The molecule has 2 aromatic rings. The minimum atomic E-state index is -1.22. The summed E-state index contributed by atoms with van der Waals surface area (Å²) in [5.41, 5.74) is -0.222. The maximum absolute atomic E-state index is 12.8. The van der Waals surface area contributed by atoms with Gasteiger partial charge in [-0.3, -0.25) is 14.5 Å². The fraction of sp³-hybridized carbons (Fsp3) is 0.211. The number of aromatic carboxylic acids is 1. The van der Waals surface area contributed by atoms with Gasteiger partial charge in [0.2, 0.25) is 5.91 Å². The molecule has 7 nitrogen and oxygen atoms in total. The molecule has 0 saturated carbocycles. The Morgan fingerprint density at radius 3 is 2.48 bits per heavy atom. The van der Waals surface area contributed by atoms with Crippen LogP contribution in [0, 0.1) is 0 Å². The molecular formula is C19H17BrN2O5. The molecule has 1 heterocycles. The molecule has 1 aliphatic rings. The first-order valence-electron chi connectivity index (χ1n) is 8.11.